The van der Waals surface area contributed by atoms with E-state index in [1.165, 1.54) is 50.6 Å². The van der Waals surface area contributed by atoms with Gasteiger partial charge in [0.1, 0.15) is 0 Å². The molecule has 0 N–H and O–H groups in total. The van der Waals surface area contributed by atoms with Crippen LogP contribution in [0, 0.1) is 5.41 Å². The van der Waals surface area contributed by atoms with E-state index in [9.17, 15) is 0 Å². The zero-order valence-electron chi connectivity index (χ0n) is 13.7. The minimum absolute atomic E-state index is 0.429. The van der Waals surface area contributed by atoms with Gasteiger partial charge >= 0.3 is 0 Å². The van der Waals surface area contributed by atoms with Crippen LogP contribution in [0.4, 0.5) is 0 Å². The fraction of sp³-hybridized carbons (Fsp3) is 0.684. The van der Waals surface area contributed by atoms with Gasteiger partial charge in [-0.1, -0.05) is 56.0 Å². The highest BCUT2D eigenvalue weighted by atomic mass is 32.1. The van der Waals surface area contributed by atoms with E-state index in [1.807, 2.05) is 0 Å². The lowest BCUT2D eigenvalue weighted by atomic mass is 9.81. The van der Waals surface area contributed by atoms with Crippen LogP contribution in [-0.2, 0) is 6.54 Å². The van der Waals surface area contributed by atoms with Crippen LogP contribution in [0.25, 0.3) is 0 Å². The second-order valence-corrected chi connectivity index (χ2v) is 7.37. The first-order valence-corrected chi connectivity index (χ1v) is 9.17. The first-order chi connectivity index (χ1) is 10.2. The molecular formula is C19H31NS. The molecule has 1 saturated carbocycles. The molecule has 1 nitrogen and oxygen atoms in total. The highest BCUT2D eigenvalue weighted by molar-refractivity contribution is 7.80. The Morgan fingerprint density at radius 2 is 1.67 bits per heavy atom. The van der Waals surface area contributed by atoms with Gasteiger partial charge in [-0.15, -0.1) is 0 Å². The van der Waals surface area contributed by atoms with Crippen LogP contribution >= 0.6 is 12.6 Å². The van der Waals surface area contributed by atoms with Gasteiger partial charge in [-0.25, -0.2) is 0 Å². The van der Waals surface area contributed by atoms with Crippen molar-refractivity contribution < 1.29 is 0 Å². The van der Waals surface area contributed by atoms with Gasteiger partial charge in [0, 0.05) is 19.1 Å². The molecule has 1 aromatic carbocycles. The van der Waals surface area contributed by atoms with Crippen molar-refractivity contribution in [3.05, 3.63) is 35.9 Å². The summed E-state index contributed by atoms with van der Waals surface area (Å²) < 4.78 is 0. The number of rotatable bonds is 6. The lowest BCUT2D eigenvalue weighted by Gasteiger charge is -2.39. The van der Waals surface area contributed by atoms with Crippen LogP contribution in [0.5, 0.6) is 0 Å². The summed E-state index contributed by atoms with van der Waals surface area (Å²) >= 11 is 4.74. The molecule has 0 aliphatic heterocycles. The largest absolute Gasteiger partial charge is 0.296 e. The van der Waals surface area contributed by atoms with E-state index in [4.69, 9.17) is 12.6 Å². The second-order valence-electron chi connectivity index (χ2n) is 7.06. The Kier molecular flexibility index (Phi) is 6.63. The SMILES string of the molecule is CC(C)N(Cc1ccccc1)CC1(CS)CCCCCC1. The quantitative estimate of drug-likeness (QED) is 0.560. The molecule has 1 aliphatic carbocycles. The maximum atomic E-state index is 4.74. The van der Waals surface area contributed by atoms with Crippen molar-refractivity contribution in [2.24, 2.45) is 5.41 Å². The van der Waals surface area contributed by atoms with Crippen molar-refractivity contribution in [3.63, 3.8) is 0 Å². The number of benzene rings is 1. The first-order valence-electron chi connectivity index (χ1n) is 8.54. The molecule has 1 aromatic rings. The molecule has 2 rings (SSSR count). The summed E-state index contributed by atoms with van der Waals surface area (Å²) in [5, 5.41) is 0. The van der Waals surface area contributed by atoms with E-state index < -0.39 is 0 Å². The Hall–Kier alpha value is -0.470. The zero-order chi connectivity index (χ0) is 15.1. The lowest BCUT2D eigenvalue weighted by molar-refractivity contribution is 0.116. The molecule has 0 bridgehead atoms. The third kappa shape index (κ3) is 5.03. The molecule has 0 heterocycles. The molecule has 21 heavy (non-hydrogen) atoms. The number of nitrogens with zero attached hydrogens (tertiary/aromatic N) is 1. The molecule has 1 fully saturated rings. The fourth-order valence-electron chi connectivity index (χ4n) is 3.51. The topological polar surface area (TPSA) is 3.24 Å². The highest BCUT2D eigenvalue weighted by Crippen LogP contribution is 2.37. The van der Waals surface area contributed by atoms with Gasteiger partial charge in [0.05, 0.1) is 0 Å². The lowest BCUT2D eigenvalue weighted by Crippen LogP contribution is -2.42. The molecule has 1 aliphatic rings. The van der Waals surface area contributed by atoms with Gasteiger partial charge in [-0.05, 0) is 43.4 Å². The fourth-order valence-corrected chi connectivity index (χ4v) is 3.93. The maximum Gasteiger partial charge on any atom is 0.0236 e. The normalized spacial score (nSPS) is 18.9. The molecule has 118 valence electrons. The molecule has 0 aromatic heterocycles. The maximum absolute atomic E-state index is 4.74. The van der Waals surface area contributed by atoms with E-state index >= 15 is 0 Å². The van der Waals surface area contributed by atoms with E-state index in [1.54, 1.807) is 0 Å². The van der Waals surface area contributed by atoms with Crippen molar-refractivity contribution in [1.29, 1.82) is 0 Å². The van der Waals surface area contributed by atoms with Gasteiger partial charge in [0.25, 0.3) is 0 Å². The average molecular weight is 306 g/mol. The van der Waals surface area contributed by atoms with Crippen molar-refractivity contribution in [3.8, 4) is 0 Å². The predicted molar refractivity (Wildman–Crippen MR) is 96.0 cm³/mol. The van der Waals surface area contributed by atoms with Crippen LogP contribution in [0.1, 0.15) is 57.9 Å². The van der Waals surface area contributed by atoms with E-state index in [0.29, 0.717) is 11.5 Å². The smallest absolute Gasteiger partial charge is 0.0236 e. The average Bonchev–Trinajstić information content (AvgIpc) is 2.74. The standard InChI is InChI=1S/C19H31NS/c1-17(2)20(14-18-10-6-5-7-11-18)15-19(16-21)12-8-3-4-9-13-19/h5-7,10-11,17,21H,3-4,8-9,12-16H2,1-2H3. The van der Waals surface area contributed by atoms with Crippen LogP contribution in [0.3, 0.4) is 0 Å². The molecule has 0 saturated heterocycles. The predicted octanol–water partition coefficient (Wildman–Crippen LogP) is 5.17. The second kappa shape index (κ2) is 8.24. The number of hydrogen-bond acceptors (Lipinski definition) is 2. The zero-order valence-corrected chi connectivity index (χ0v) is 14.6. The summed E-state index contributed by atoms with van der Waals surface area (Å²) in [6, 6.07) is 11.5. The Bertz CT molecular complexity index is 393. The van der Waals surface area contributed by atoms with E-state index in [0.717, 1.165) is 12.3 Å². The third-order valence-corrected chi connectivity index (χ3v) is 5.67. The molecule has 0 spiro atoms. The minimum atomic E-state index is 0.429. The molecular weight excluding hydrogens is 274 g/mol. The summed E-state index contributed by atoms with van der Waals surface area (Å²) in [6.07, 6.45) is 8.31. The monoisotopic (exact) mass is 305 g/mol. The summed E-state index contributed by atoms with van der Waals surface area (Å²) in [6.45, 7) is 6.91. The van der Waals surface area contributed by atoms with Crippen LogP contribution in [-0.4, -0.2) is 23.2 Å². The van der Waals surface area contributed by atoms with Crippen molar-refractivity contribution >= 4 is 12.6 Å². The van der Waals surface area contributed by atoms with Crippen LogP contribution in [0.15, 0.2) is 30.3 Å². The van der Waals surface area contributed by atoms with Crippen molar-refractivity contribution in [2.45, 2.75) is 65.0 Å². The van der Waals surface area contributed by atoms with Gasteiger partial charge in [-0.2, -0.15) is 12.6 Å². The van der Waals surface area contributed by atoms with Gasteiger partial charge in [0.15, 0.2) is 0 Å². The van der Waals surface area contributed by atoms with Gasteiger partial charge in [0.2, 0.25) is 0 Å². The minimum Gasteiger partial charge on any atom is -0.296 e. The summed E-state index contributed by atoms with van der Waals surface area (Å²) in [5.41, 5.74) is 1.85. The van der Waals surface area contributed by atoms with Crippen LogP contribution in [0.2, 0.25) is 0 Å². The van der Waals surface area contributed by atoms with Gasteiger partial charge in [-0.3, -0.25) is 4.90 Å². The third-order valence-electron chi connectivity index (χ3n) is 5.00. The molecule has 0 unspecified atom stereocenters. The van der Waals surface area contributed by atoms with E-state index in [2.05, 4.69) is 49.1 Å². The first kappa shape index (κ1) is 16.9. The Morgan fingerprint density at radius 1 is 1.05 bits per heavy atom. The van der Waals surface area contributed by atoms with Crippen molar-refractivity contribution in [2.75, 3.05) is 12.3 Å². The summed E-state index contributed by atoms with van der Waals surface area (Å²) in [7, 11) is 0. The summed E-state index contributed by atoms with van der Waals surface area (Å²) in [4.78, 5) is 2.65. The van der Waals surface area contributed by atoms with Crippen molar-refractivity contribution in [1.82, 2.24) is 4.90 Å². The molecule has 0 atom stereocenters. The molecule has 0 amide bonds. The number of thiol groups is 1. The Morgan fingerprint density at radius 3 is 2.19 bits per heavy atom. The number of hydrogen-bond donors (Lipinski definition) is 1. The molecule has 0 radical (unpaired) electrons. The van der Waals surface area contributed by atoms with Gasteiger partial charge < -0.3 is 0 Å². The Labute approximate surface area is 136 Å². The highest BCUT2D eigenvalue weighted by Gasteiger charge is 2.32. The summed E-state index contributed by atoms with van der Waals surface area (Å²) in [5.74, 6) is 1.03. The Balaban J connectivity index is 2.06. The van der Waals surface area contributed by atoms with E-state index in [-0.39, 0.29) is 0 Å². The van der Waals surface area contributed by atoms with Crippen LogP contribution < -0.4 is 0 Å². The molecule has 2 heteroatoms.